The predicted octanol–water partition coefficient (Wildman–Crippen LogP) is 6.68. The van der Waals surface area contributed by atoms with Crippen LogP contribution in [-0.2, 0) is 17.9 Å². The first kappa shape index (κ1) is 25.0. The van der Waals surface area contributed by atoms with Crippen molar-refractivity contribution in [1.29, 1.82) is 0 Å². The van der Waals surface area contributed by atoms with Crippen LogP contribution in [-0.4, -0.2) is 34.8 Å². The average molecular weight is 529 g/mol. The van der Waals surface area contributed by atoms with Crippen LogP contribution in [0.15, 0.2) is 71.2 Å². The number of nitrogens with zero attached hydrogens (tertiary/aromatic N) is 2. The molecule has 0 bridgehead atoms. The highest BCUT2D eigenvalue weighted by molar-refractivity contribution is 9.10. The standard InChI is InChI=1S/C26H30BrN3O2S/c1-3-4-15-29(26(32)28-23-12-8-11-22(27)16-23)19-25(31)30(17-21-9-6-5-7-10-21)18-24-14-13-20(2)33-24/h5-14,16H,3-4,15,17-19H2,1-2H3,(H,28,32). The van der Waals surface area contributed by atoms with Gasteiger partial charge in [0.25, 0.3) is 0 Å². The second kappa shape index (κ2) is 12.6. The maximum Gasteiger partial charge on any atom is 0.322 e. The van der Waals surface area contributed by atoms with E-state index in [-0.39, 0.29) is 18.5 Å². The number of aryl methyl sites for hydroxylation is 1. The Labute approximate surface area is 208 Å². The molecule has 0 atom stereocenters. The van der Waals surface area contributed by atoms with E-state index in [9.17, 15) is 9.59 Å². The van der Waals surface area contributed by atoms with Crippen LogP contribution in [0.3, 0.4) is 0 Å². The number of nitrogens with one attached hydrogen (secondary N) is 1. The number of benzene rings is 2. The van der Waals surface area contributed by atoms with Crippen LogP contribution >= 0.6 is 27.3 Å². The molecule has 0 aliphatic carbocycles. The summed E-state index contributed by atoms with van der Waals surface area (Å²) < 4.78 is 0.886. The van der Waals surface area contributed by atoms with Crippen molar-refractivity contribution in [2.45, 2.75) is 39.8 Å². The number of amides is 3. The number of hydrogen-bond acceptors (Lipinski definition) is 3. The van der Waals surface area contributed by atoms with Gasteiger partial charge < -0.3 is 15.1 Å². The highest BCUT2D eigenvalue weighted by Crippen LogP contribution is 2.20. The first-order valence-corrected chi connectivity index (χ1v) is 12.7. The van der Waals surface area contributed by atoms with Crippen LogP contribution in [0, 0.1) is 6.92 Å². The molecule has 3 amide bonds. The van der Waals surface area contributed by atoms with E-state index in [1.165, 1.54) is 4.88 Å². The summed E-state index contributed by atoms with van der Waals surface area (Å²) in [6.07, 6.45) is 1.78. The predicted molar refractivity (Wildman–Crippen MR) is 139 cm³/mol. The lowest BCUT2D eigenvalue weighted by Crippen LogP contribution is -2.44. The molecule has 7 heteroatoms. The van der Waals surface area contributed by atoms with Crippen LogP contribution in [0.1, 0.15) is 35.1 Å². The minimum Gasteiger partial charge on any atom is -0.332 e. The molecule has 1 N–H and O–H groups in total. The molecule has 0 spiro atoms. The number of urea groups is 1. The summed E-state index contributed by atoms with van der Waals surface area (Å²) in [6.45, 7) is 5.74. The van der Waals surface area contributed by atoms with E-state index >= 15 is 0 Å². The van der Waals surface area contributed by atoms with Crippen molar-refractivity contribution in [3.8, 4) is 0 Å². The fourth-order valence-corrected chi connectivity index (χ4v) is 4.73. The molecule has 0 aliphatic rings. The maximum absolute atomic E-state index is 13.4. The van der Waals surface area contributed by atoms with E-state index in [1.807, 2.05) is 59.5 Å². The molecule has 0 radical (unpaired) electrons. The van der Waals surface area contributed by atoms with Gasteiger partial charge in [0.15, 0.2) is 0 Å². The fourth-order valence-electron chi connectivity index (χ4n) is 3.43. The number of thiophene rings is 1. The SMILES string of the molecule is CCCCN(CC(=O)N(Cc1ccccc1)Cc1ccc(C)s1)C(=O)Nc1cccc(Br)c1. The number of rotatable bonds is 10. The van der Waals surface area contributed by atoms with E-state index in [0.717, 1.165) is 27.8 Å². The van der Waals surface area contributed by atoms with E-state index in [4.69, 9.17) is 0 Å². The average Bonchev–Trinajstić information content (AvgIpc) is 3.21. The van der Waals surface area contributed by atoms with E-state index in [2.05, 4.69) is 47.2 Å². The Morgan fingerprint density at radius 1 is 0.970 bits per heavy atom. The number of carbonyl (C=O) groups is 2. The monoisotopic (exact) mass is 527 g/mol. The van der Waals surface area contributed by atoms with Crippen molar-refractivity contribution in [2.24, 2.45) is 0 Å². The molecule has 0 aliphatic heterocycles. The topological polar surface area (TPSA) is 52.7 Å². The molecular formula is C26H30BrN3O2S. The number of anilines is 1. The van der Waals surface area contributed by atoms with E-state index in [0.29, 0.717) is 25.3 Å². The molecular weight excluding hydrogens is 498 g/mol. The molecule has 174 valence electrons. The van der Waals surface area contributed by atoms with Crippen molar-refractivity contribution in [2.75, 3.05) is 18.4 Å². The van der Waals surface area contributed by atoms with Gasteiger partial charge in [-0.15, -0.1) is 11.3 Å². The largest absolute Gasteiger partial charge is 0.332 e. The lowest BCUT2D eigenvalue weighted by Gasteiger charge is -2.28. The van der Waals surface area contributed by atoms with Crippen LogP contribution in [0.25, 0.3) is 0 Å². The zero-order chi connectivity index (χ0) is 23.6. The van der Waals surface area contributed by atoms with Crippen LogP contribution in [0.5, 0.6) is 0 Å². The molecule has 33 heavy (non-hydrogen) atoms. The Balaban J connectivity index is 1.75. The van der Waals surface area contributed by atoms with Crippen molar-refractivity contribution in [3.05, 3.63) is 86.5 Å². The van der Waals surface area contributed by atoms with Gasteiger partial charge in [-0.1, -0.05) is 65.7 Å². The lowest BCUT2D eigenvalue weighted by atomic mass is 10.2. The summed E-state index contributed by atoms with van der Waals surface area (Å²) in [7, 11) is 0. The summed E-state index contributed by atoms with van der Waals surface area (Å²) in [5, 5.41) is 2.93. The van der Waals surface area contributed by atoms with Gasteiger partial charge in [0, 0.05) is 33.0 Å². The molecule has 0 fully saturated rings. The summed E-state index contributed by atoms with van der Waals surface area (Å²) in [5.74, 6) is -0.0644. The molecule has 3 rings (SSSR count). The Morgan fingerprint density at radius 3 is 2.42 bits per heavy atom. The third-order valence-electron chi connectivity index (χ3n) is 5.18. The molecule has 0 saturated carbocycles. The van der Waals surface area contributed by atoms with Gasteiger partial charge in [0.05, 0.1) is 6.54 Å². The molecule has 5 nitrogen and oxygen atoms in total. The summed E-state index contributed by atoms with van der Waals surface area (Å²) in [4.78, 5) is 32.3. The van der Waals surface area contributed by atoms with Crippen molar-refractivity contribution < 1.29 is 9.59 Å². The Hall–Kier alpha value is -2.64. The summed E-state index contributed by atoms with van der Waals surface area (Å²) in [6, 6.07) is 21.3. The fraction of sp³-hybridized carbons (Fsp3) is 0.308. The third kappa shape index (κ3) is 8.02. The molecule has 3 aromatic rings. The smallest absolute Gasteiger partial charge is 0.322 e. The molecule has 1 aromatic heterocycles. The summed E-state index contributed by atoms with van der Waals surface area (Å²) in [5.41, 5.74) is 1.76. The van der Waals surface area contributed by atoms with Gasteiger partial charge in [-0.05, 0) is 49.2 Å². The quantitative estimate of drug-likeness (QED) is 0.319. The molecule has 2 aromatic carbocycles. The highest BCUT2D eigenvalue weighted by Gasteiger charge is 2.22. The van der Waals surface area contributed by atoms with Gasteiger partial charge in [-0.25, -0.2) is 4.79 Å². The maximum atomic E-state index is 13.4. The number of halogens is 1. The van der Waals surface area contributed by atoms with Crippen molar-refractivity contribution >= 4 is 44.9 Å². The Morgan fingerprint density at radius 2 is 1.76 bits per heavy atom. The lowest BCUT2D eigenvalue weighted by molar-refractivity contribution is -0.133. The van der Waals surface area contributed by atoms with Gasteiger partial charge in [-0.3, -0.25) is 4.79 Å². The highest BCUT2D eigenvalue weighted by atomic mass is 79.9. The normalized spacial score (nSPS) is 10.6. The first-order chi connectivity index (χ1) is 15.9. The van der Waals surface area contributed by atoms with Crippen LogP contribution in [0.2, 0.25) is 0 Å². The minimum absolute atomic E-state index is 0.0387. The minimum atomic E-state index is -0.262. The number of unbranched alkanes of at least 4 members (excludes halogenated alkanes) is 1. The van der Waals surface area contributed by atoms with Crippen molar-refractivity contribution in [1.82, 2.24) is 9.80 Å². The van der Waals surface area contributed by atoms with Gasteiger partial charge >= 0.3 is 6.03 Å². The Bertz CT molecular complexity index is 1050. The zero-order valence-corrected chi connectivity index (χ0v) is 21.5. The van der Waals surface area contributed by atoms with Gasteiger partial charge in [-0.2, -0.15) is 0 Å². The number of carbonyl (C=O) groups excluding carboxylic acids is 2. The molecule has 1 heterocycles. The van der Waals surface area contributed by atoms with Gasteiger partial charge in [0.1, 0.15) is 6.54 Å². The second-order valence-electron chi connectivity index (χ2n) is 7.96. The van der Waals surface area contributed by atoms with Gasteiger partial charge in [0.2, 0.25) is 5.91 Å². The molecule has 0 unspecified atom stereocenters. The second-order valence-corrected chi connectivity index (χ2v) is 10.3. The van der Waals surface area contributed by atoms with E-state index < -0.39 is 0 Å². The van der Waals surface area contributed by atoms with Crippen LogP contribution < -0.4 is 5.32 Å². The third-order valence-corrected chi connectivity index (χ3v) is 6.66. The van der Waals surface area contributed by atoms with Crippen molar-refractivity contribution in [3.63, 3.8) is 0 Å². The zero-order valence-electron chi connectivity index (χ0n) is 19.1. The first-order valence-electron chi connectivity index (χ1n) is 11.1. The number of hydrogen-bond donors (Lipinski definition) is 1. The van der Waals surface area contributed by atoms with Crippen LogP contribution in [0.4, 0.5) is 10.5 Å². The Kier molecular flexibility index (Phi) is 9.51. The summed E-state index contributed by atoms with van der Waals surface area (Å²) >= 11 is 5.13. The van der Waals surface area contributed by atoms with E-state index in [1.54, 1.807) is 16.2 Å². The molecule has 0 saturated heterocycles.